The largest absolute Gasteiger partial charge is 0.310 e. The molecule has 0 radical (unpaired) electrons. The first-order valence-corrected chi connectivity index (χ1v) is 6.66. The molecule has 17 heavy (non-hydrogen) atoms. The number of rotatable bonds is 6. The van der Waals surface area contributed by atoms with Crippen LogP contribution in [0, 0.1) is 11.7 Å². The lowest BCUT2D eigenvalue weighted by Crippen LogP contribution is -2.27. The molecule has 0 spiro atoms. The fraction of sp³-hybridized carbons (Fsp3) is 0.571. The lowest BCUT2D eigenvalue weighted by molar-refractivity contribution is 0.377. The van der Waals surface area contributed by atoms with Crippen molar-refractivity contribution in [2.75, 3.05) is 6.54 Å². The maximum atomic E-state index is 13.1. The zero-order valence-electron chi connectivity index (χ0n) is 10.8. The van der Waals surface area contributed by atoms with Crippen molar-refractivity contribution in [3.8, 4) is 0 Å². The highest BCUT2D eigenvalue weighted by Crippen LogP contribution is 2.27. The highest BCUT2D eigenvalue weighted by molar-refractivity contribution is 6.30. The summed E-state index contributed by atoms with van der Waals surface area (Å²) in [7, 11) is 0. The minimum atomic E-state index is -0.353. The van der Waals surface area contributed by atoms with Crippen molar-refractivity contribution in [2.45, 2.75) is 39.7 Å². The Balaban J connectivity index is 2.91. The summed E-state index contributed by atoms with van der Waals surface area (Å²) in [5.41, 5.74) is 1.07. The Morgan fingerprint density at radius 1 is 1.35 bits per heavy atom. The van der Waals surface area contributed by atoms with Crippen LogP contribution in [0.3, 0.4) is 0 Å². The Hall–Kier alpha value is -0.600. The topological polar surface area (TPSA) is 12.0 Å². The minimum absolute atomic E-state index is 0.203. The second-order valence-corrected chi connectivity index (χ2v) is 4.90. The van der Waals surface area contributed by atoms with E-state index in [9.17, 15) is 4.39 Å². The molecule has 0 aromatic heterocycles. The van der Waals surface area contributed by atoms with E-state index in [1.54, 1.807) is 6.07 Å². The molecule has 1 rings (SSSR count). The molecule has 0 aliphatic carbocycles. The average Bonchev–Trinajstić information content (AvgIpc) is 2.33. The van der Waals surface area contributed by atoms with Crippen LogP contribution in [0.1, 0.15) is 45.2 Å². The normalized spacial score (nSPS) is 14.6. The molecule has 1 nitrogen and oxygen atoms in total. The predicted octanol–water partition coefficient (Wildman–Crippen LogP) is 4.57. The van der Waals surface area contributed by atoms with Gasteiger partial charge in [0.15, 0.2) is 0 Å². The number of nitrogens with one attached hydrogen (secondary N) is 1. The van der Waals surface area contributed by atoms with E-state index in [1.165, 1.54) is 6.07 Å². The van der Waals surface area contributed by atoms with E-state index >= 15 is 0 Å². The van der Waals surface area contributed by atoms with Gasteiger partial charge in [0.1, 0.15) is 5.82 Å². The first-order chi connectivity index (χ1) is 8.10. The SMILES string of the molecule is CCCNC(c1ccc(F)c(Cl)c1)C(C)CC. The molecular weight excluding hydrogens is 237 g/mol. The molecule has 0 heterocycles. The number of hydrogen-bond donors (Lipinski definition) is 1. The zero-order chi connectivity index (χ0) is 12.8. The van der Waals surface area contributed by atoms with Crippen molar-refractivity contribution in [1.29, 1.82) is 0 Å². The van der Waals surface area contributed by atoms with Crippen LogP contribution in [0.2, 0.25) is 5.02 Å². The van der Waals surface area contributed by atoms with Gasteiger partial charge >= 0.3 is 0 Å². The van der Waals surface area contributed by atoms with Gasteiger partial charge in [-0.15, -0.1) is 0 Å². The molecular formula is C14H21ClFN. The predicted molar refractivity (Wildman–Crippen MR) is 71.9 cm³/mol. The molecule has 0 aliphatic rings. The van der Waals surface area contributed by atoms with Crippen LogP contribution >= 0.6 is 11.6 Å². The Labute approximate surface area is 108 Å². The second kappa shape index (κ2) is 6.97. The molecule has 0 saturated carbocycles. The molecule has 1 aromatic rings. The smallest absolute Gasteiger partial charge is 0.141 e. The van der Waals surface area contributed by atoms with Gasteiger partial charge in [0.2, 0.25) is 0 Å². The molecule has 3 heteroatoms. The van der Waals surface area contributed by atoms with Crippen molar-refractivity contribution in [3.05, 3.63) is 34.6 Å². The van der Waals surface area contributed by atoms with Crippen molar-refractivity contribution in [2.24, 2.45) is 5.92 Å². The molecule has 0 bridgehead atoms. The van der Waals surface area contributed by atoms with Gasteiger partial charge in [-0.2, -0.15) is 0 Å². The van der Waals surface area contributed by atoms with Crippen molar-refractivity contribution in [1.82, 2.24) is 5.32 Å². The summed E-state index contributed by atoms with van der Waals surface area (Å²) in [6.45, 7) is 7.46. The zero-order valence-corrected chi connectivity index (χ0v) is 11.5. The maximum Gasteiger partial charge on any atom is 0.141 e. The Morgan fingerprint density at radius 3 is 2.59 bits per heavy atom. The number of hydrogen-bond acceptors (Lipinski definition) is 1. The van der Waals surface area contributed by atoms with Crippen molar-refractivity contribution < 1.29 is 4.39 Å². The summed E-state index contributed by atoms with van der Waals surface area (Å²) in [6, 6.07) is 5.25. The third kappa shape index (κ3) is 3.97. The summed E-state index contributed by atoms with van der Waals surface area (Å²) >= 11 is 5.84. The molecule has 1 aromatic carbocycles. The molecule has 96 valence electrons. The molecule has 0 aliphatic heterocycles. The van der Waals surface area contributed by atoms with Crippen molar-refractivity contribution in [3.63, 3.8) is 0 Å². The van der Waals surface area contributed by atoms with Crippen LogP contribution in [0.15, 0.2) is 18.2 Å². The van der Waals surface area contributed by atoms with Crippen LogP contribution in [0.25, 0.3) is 0 Å². The first-order valence-electron chi connectivity index (χ1n) is 6.28. The van der Waals surface area contributed by atoms with Gasteiger partial charge in [0.05, 0.1) is 5.02 Å². The minimum Gasteiger partial charge on any atom is -0.310 e. The first kappa shape index (κ1) is 14.5. The Morgan fingerprint density at radius 2 is 2.06 bits per heavy atom. The fourth-order valence-corrected chi connectivity index (χ4v) is 2.08. The molecule has 2 atom stereocenters. The fourth-order valence-electron chi connectivity index (χ4n) is 1.89. The summed E-state index contributed by atoms with van der Waals surface area (Å²) < 4.78 is 13.1. The monoisotopic (exact) mass is 257 g/mol. The highest BCUT2D eigenvalue weighted by atomic mass is 35.5. The molecule has 0 saturated heterocycles. The van der Waals surface area contributed by atoms with Crippen LogP contribution in [-0.4, -0.2) is 6.54 Å². The summed E-state index contributed by atoms with van der Waals surface area (Å²) in [4.78, 5) is 0. The van der Waals surface area contributed by atoms with Crippen LogP contribution < -0.4 is 5.32 Å². The maximum absolute atomic E-state index is 13.1. The Kier molecular flexibility index (Phi) is 5.93. The van der Waals surface area contributed by atoms with Crippen LogP contribution in [-0.2, 0) is 0 Å². The molecule has 1 N–H and O–H groups in total. The lowest BCUT2D eigenvalue weighted by atomic mass is 9.92. The van der Waals surface area contributed by atoms with Crippen LogP contribution in [0.5, 0.6) is 0 Å². The third-order valence-corrected chi connectivity index (χ3v) is 3.42. The van der Waals surface area contributed by atoms with Gasteiger partial charge in [0, 0.05) is 6.04 Å². The van der Waals surface area contributed by atoms with Crippen molar-refractivity contribution >= 4 is 11.6 Å². The van der Waals surface area contributed by atoms with E-state index in [4.69, 9.17) is 11.6 Å². The van der Waals surface area contributed by atoms with Gasteiger partial charge in [-0.3, -0.25) is 0 Å². The van der Waals surface area contributed by atoms with E-state index in [-0.39, 0.29) is 16.9 Å². The number of benzene rings is 1. The average molecular weight is 258 g/mol. The molecule has 0 fully saturated rings. The lowest BCUT2D eigenvalue weighted by Gasteiger charge is -2.25. The van der Waals surface area contributed by atoms with E-state index in [2.05, 4.69) is 26.1 Å². The summed E-state index contributed by atoms with van der Waals surface area (Å²) in [5.74, 6) is 0.150. The van der Waals surface area contributed by atoms with E-state index < -0.39 is 0 Å². The number of halogens is 2. The van der Waals surface area contributed by atoms with Gasteiger partial charge in [-0.25, -0.2) is 4.39 Å². The quantitative estimate of drug-likeness (QED) is 0.787. The third-order valence-electron chi connectivity index (χ3n) is 3.13. The molecule has 0 amide bonds. The van der Waals surface area contributed by atoms with Gasteiger partial charge < -0.3 is 5.32 Å². The van der Waals surface area contributed by atoms with Gasteiger partial charge in [-0.05, 0) is 36.6 Å². The standard InChI is InChI=1S/C14H21ClFN/c1-4-8-17-14(10(3)5-2)11-6-7-13(16)12(15)9-11/h6-7,9-10,14,17H,4-5,8H2,1-3H3. The van der Waals surface area contributed by atoms with Crippen LogP contribution in [0.4, 0.5) is 4.39 Å². The Bertz CT molecular complexity index is 354. The van der Waals surface area contributed by atoms with Gasteiger partial charge in [-0.1, -0.05) is 44.9 Å². The highest BCUT2D eigenvalue weighted by Gasteiger charge is 2.18. The summed E-state index contributed by atoms with van der Waals surface area (Å²) in [6.07, 6.45) is 2.16. The molecule has 2 unspecified atom stereocenters. The van der Waals surface area contributed by atoms with E-state index in [0.29, 0.717) is 5.92 Å². The van der Waals surface area contributed by atoms with Gasteiger partial charge in [0.25, 0.3) is 0 Å². The van der Waals surface area contributed by atoms with E-state index in [0.717, 1.165) is 24.9 Å². The second-order valence-electron chi connectivity index (χ2n) is 4.49. The van der Waals surface area contributed by atoms with E-state index in [1.807, 2.05) is 6.07 Å². The summed E-state index contributed by atoms with van der Waals surface area (Å²) in [5, 5.41) is 3.70.